The number of nitrogens with one attached hydrogen (secondary N) is 2. The van der Waals surface area contributed by atoms with Crippen LogP contribution in [0.1, 0.15) is 50.4 Å². The molecule has 2 atom stereocenters. The number of methoxy groups -OCH3 is 1. The predicted molar refractivity (Wildman–Crippen MR) is 140 cm³/mol. The van der Waals surface area contributed by atoms with Crippen molar-refractivity contribution in [1.82, 2.24) is 15.5 Å². The normalized spacial score (nSPS) is 12.6. The summed E-state index contributed by atoms with van der Waals surface area (Å²) in [5, 5.41) is 5.27. The van der Waals surface area contributed by atoms with E-state index in [9.17, 15) is 19.2 Å². The Labute approximate surface area is 218 Å². The number of rotatable bonds is 10. The summed E-state index contributed by atoms with van der Waals surface area (Å²) in [6.07, 6.45) is -0.542. The number of likely N-dealkylation sites (N-methyl/N-ethyl adjacent to an activating group) is 1. The number of hydrogen-bond donors (Lipinski definition) is 2. The third-order valence-electron chi connectivity index (χ3n) is 5.57. The van der Waals surface area contributed by atoms with Crippen molar-refractivity contribution in [3.8, 4) is 0 Å². The molecule has 0 spiro atoms. The van der Waals surface area contributed by atoms with Crippen molar-refractivity contribution < 1.29 is 28.7 Å². The maximum atomic E-state index is 14.0. The van der Waals surface area contributed by atoms with Gasteiger partial charge in [-0.05, 0) is 51.3 Å². The Kier molecular flexibility index (Phi) is 10.7. The molecule has 0 bridgehead atoms. The van der Waals surface area contributed by atoms with Gasteiger partial charge in [0.25, 0.3) is 0 Å². The monoisotopic (exact) mass is 511 g/mol. The molecule has 0 fully saturated rings. The van der Waals surface area contributed by atoms with Gasteiger partial charge in [-0.15, -0.1) is 0 Å². The predicted octanol–water partition coefficient (Wildman–Crippen LogP) is 3.31. The number of carbonyl (C=O) groups is 4. The van der Waals surface area contributed by atoms with Crippen LogP contribution in [0.15, 0.2) is 54.6 Å². The second kappa shape index (κ2) is 13.4. The van der Waals surface area contributed by atoms with Crippen LogP contribution in [-0.2, 0) is 30.3 Å². The van der Waals surface area contributed by atoms with Crippen molar-refractivity contribution in [1.29, 1.82) is 0 Å². The Hall–Kier alpha value is -3.88. The summed E-state index contributed by atoms with van der Waals surface area (Å²) in [4.78, 5) is 53.1. The van der Waals surface area contributed by atoms with Crippen molar-refractivity contribution in [2.75, 3.05) is 20.2 Å². The van der Waals surface area contributed by atoms with Crippen LogP contribution < -0.4 is 10.6 Å². The first kappa shape index (κ1) is 29.4. The maximum Gasteiger partial charge on any atom is 0.408 e. The van der Waals surface area contributed by atoms with E-state index in [1.54, 1.807) is 39.8 Å². The highest BCUT2D eigenvalue weighted by Crippen LogP contribution is 2.26. The van der Waals surface area contributed by atoms with Crippen molar-refractivity contribution >= 4 is 23.9 Å². The fourth-order valence-electron chi connectivity index (χ4n) is 3.84. The molecule has 200 valence electrons. The van der Waals surface area contributed by atoms with Gasteiger partial charge in [0.2, 0.25) is 11.8 Å². The van der Waals surface area contributed by atoms with E-state index in [-0.39, 0.29) is 19.5 Å². The highest BCUT2D eigenvalue weighted by atomic mass is 16.6. The number of carbonyl (C=O) groups excluding carboxylic acids is 4. The molecule has 3 amide bonds. The Morgan fingerprint density at radius 3 is 2.16 bits per heavy atom. The largest absolute Gasteiger partial charge is 0.468 e. The van der Waals surface area contributed by atoms with Gasteiger partial charge < -0.3 is 25.0 Å². The van der Waals surface area contributed by atoms with E-state index >= 15 is 0 Å². The molecule has 9 nitrogen and oxygen atoms in total. The highest BCUT2D eigenvalue weighted by molar-refractivity contribution is 5.93. The molecule has 2 rings (SSSR count). The zero-order chi connectivity index (χ0) is 27.6. The van der Waals surface area contributed by atoms with Crippen molar-refractivity contribution in [2.24, 2.45) is 0 Å². The van der Waals surface area contributed by atoms with Crippen molar-refractivity contribution in [2.45, 2.75) is 58.7 Å². The van der Waals surface area contributed by atoms with Gasteiger partial charge in [-0.3, -0.25) is 14.4 Å². The standard InChI is InChI=1S/C28H37N3O6/c1-7-31(24(21-16-12-11-13-19(21)2)25(33)29-18-23(32)36-6)26(34)22(17-20-14-9-8-10-15-20)30-27(35)37-28(3,4)5/h8-16,22,24H,7,17-18H2,1-6H3,(H,29,33)(H,30,35). The zero-order valence-electron chi connectivity index (χ0n) is 22.4. The van der Waals surface area contributed by atoms with Gasteiger partial charge in [-0.25, -0.2) is 4.79 Å². The molecular weight excluding hydrogens is 474 g/mol. The quantitative estimate of drug-likeness (QED) is 0.473. The third kappa shape index (κ3) is 8.93. The van der Waals surface area contributed by atoms with Crippen LogP contribution >= 0.6 is 0 Å². The number of benzene rings is 2. The number of amides is 3. The average molecular weight is 512 g/mol. The van der Waals surface area contributed by atoms with Crippen molar-refractivity contribution in [3.63, 3.8) is 0 Å². The summed E-state index contributed by atoms with van der Waals surface area (Å²) < 4.78 is 10.0. The molecule has 2 aromatic rings. The highest BCUT2D eigenvalue weighted by Gasteiger charge is 2.36. The van der Waals surface area contributed by atoms with E-state index in [0.717, 1.165) is 11.1 Å². The van der Waals surface area contributed by atoms with Crippen LogP contribution in [0.25, 0.3) is 0 Å². The van der Waals surface area contributed by atoms with E-state index in [0.29, 0.717) is 5.56 Å². The minimum atomic E-state index is -1.04. The first-order valence-electron chi connectivity index (χ1n) is 12.2. The Morgan fingerprint density at radius 1 is 0.973 bits per heavy atom. The first-order valence-corrected chi connectivity index (χ1v) is 12.2. The van der Waals surface area contributed by atoms with Crippen LogP contribution in [0.2, 0.25) is 0 Å². The lowest BCUT2D eigenvalue weighted by molar-refractivity contribution is -0.144. The molecule has 0 heterocycles. The van der Waals surface area contributed by atoms with Gasteiger partial charge in [0.1, 0.15) is 24.2 Å². The Bertz CT molecular complexity index is 1080. The molecule has 0 saturated heterocycles. The van der Waals surface area contributed by atoms with Gasteiger partial charge >= 0.3 is 12.1 Å². The topological polar surface area (TPSA) is 114 Å². The number of nitrogens with zero attached hydrogens (tertiary/aromatic N) is 1. The molecule has 9 heteroatoms. The summed E-state index contributed by atoms with van der Waals surface area (Å²) in [5.41, 5.74) is 1.48. The lowest BCUT2D eigenvalue weighted by Gasteiger charge is -2.34. The number of aryl methyl sites for hydroxylation is 1. The third-order valence-corrected chi connectivity index (χ3v) is 5.57. The van der Waals surface area contributed by atoms with Crippen LogP contribution in [0, 0.1) is 6.92 Å². The van der Waals surface area contributed by atoms with E-state index < -0.39 is 41.6 Å². The van der Waals surface area contributed by atoms with E-state index in [1.165, 1.54) is 12.0 Å². The second-order valence-electron chi connectivity index (χ2n) is 9.57. The van der Waals surface area contributed by atoms with Crippen molar-refractivity contribution in [3.05, 3.63) is 71.3 Å². The lowest BCUT2D eigenvalue weighted by Crippen LogP contribution is -2.54. The molecule has 0 saturated carbocycles. The average Bonchev–Trinajstić information content (AvgIpc) is 2.85. The van der Waals surface area contributed by atoms with Gasteiger partial charge in [0.15, 0.2) is 0 Å². The van der Waals surface area contributed by atoms with E-state index in [4.69, 9.17) is 4.74 Å². The summed E-state index contributed by atoms with van der Waals surface area (Å²) >= 11 is 0. The lowest BCUT2D eigenvalue weighted by atomic mass is 9.97. The fraction of sp³-hybridized carbons (Fsp3) is 0.429. The summed E-state index contributed by atoms with van der Waals surface area (Å²) in [6.45, 7) is 8.63. The molecule has 0 aliphatic carbocycles. The summed E-state index contributed by atoms with van der Waals surface area (Å²) in [7, 11) is 1.23. The fourth-order valence-corrected chi connectivity index (χ4v) is 3.84. The minimum absolute atomic E-state index is 0.171. The SMILES string of the molecule is CCN(C(=O)C(Cc1ccccc1)NC(=O)OC(C)(C)C)C(C(=O)NCC(=O)OC)c1ccccc1C. The van der Waals surface area contributed by atoms with Crippen LogP contribution in [-0.4, -0.2) is 60.6 Å². The smallest absolute Gasteiger partial charge is 0.408 e. The van der Waals surface area contributed by atoms with Crippen LogP contribution in [0.4, 0.5) is 4.79 Å². The molecule has 0 aromatic heterocycles. The number of ether oxygens (including phenoxy) is 2. The molecule has 0 aliphatic rings. The molecule has 0 aliphatic heterocycles. The van der Waals surface area contributed by atoms with Gasteiger partial charge in [0, 0.05) is 13.0 Å². The summed E-state index contributed by atoms with van der Waals surface area (Å²) in [5.74, 6) is -1.61. The van der Waals surface area contributed by atoms with Gasteiger partial charge in [-0.2, -0.15) is 0 Å². The molecule has 37 heavy (non-hydrogen) atoms. The number of hydrogen-bond acceptors (Lipinski definition) is 6. The van der Waals surface area contributed by atoms with Gasteiger partial charge in [-0.1, -0.05) is 54.6 Å². The maximum absolute atomic E-state index is 14.0. The van der Waals surface area contributed by atoms with E-state index in [2.05, 4.69) is 15.4 Å². The molecule has 0 radical (unpaired) electrons. The minimum Gasteiger partial charge on any atom is -0.468 e. The Balaban J connectivity index is 2.46. The molecule has 2 N–H and O–H groups in total. The molecular formula is C28H37N3O6. The summed E-state index contributed by atoms with van der Waals surface area (Å²) in [6, 6.07) is 14.4. The second-order valence-corrected chi connectivity index (χ2v) is 9.57. The van der Waals surface area contributed by atoms with Crippen LogP contribution in [0.3, 0.4) is 0 Å². The molecule has 2 unspecified atom stereocenters. The zero-order valence-corrected chi connectivity index (χ0v) is 22.4. The first-order chi connectivity index (χ1) is 17.5. The number of esters is 1. The molecule has 2 aromatic carbocycles. The number of alkyl carbamates (subject to hydrolysis) is 1. The van der Waals surface area contributed by atoms with Crippen LogP contribution in [0.5, 0.6) is 0 Å². The Morgan fingerprint density at radius 2 is 1.59 bits per heavy atom. The van der Waals surface area contributed by atoms with Gasteiger partial charge in [0.05, 0.1) is 7.11 Å². The van der Waals surface area contributed by atoms with E-state index in [1.807, 2.05) is 49.4 Å².